The number of carbonyl (C=O) groups is 3. The van der Waals surface area contributed by atoms with Crippen molar-refractivity contribution in [2.45, 2.75) is 44.6 Å². The zero-order valence-corrected chi connectivity index (χ0v) is 17.0. The van der Waals surface area contributed by atoms with Gasteiger partial charge < -0.3 is 9.84 Å². The number of nitrogens with zero attached hydrogens (tertiary/aromatic N) is 1. The first-order valence-corrected chi connectivity index (χ1v) is 9.40. The van der Waals surface area contributed by atoms with E-state index in [-0.39, 0.29) is 18.7 Å². The highest BCUT2D eigenvalue weighted by Gasteiger charge is 2.37. The van der Waals surface area contributed by atoms with Crippen LogP contribution in [-0.4, -0.2) is 40.1 Å². The number of hydrogen-bond donors (Lipinski definition) is 2. The first kappa shape index (κ1) is 21.1. The minimum Gasteiger partial charge on any atom is -0.511 e. The van der Waals surface area contributed by atoms with Crippen LogP contribution < -0.4 is 4.72 Å². The Balaban J connectivity index is 2.13. The maximum atomic E-state index is 12.6. The molecule has 0 saturated carbocycles. The summed E-state index contributed by atoms with van der Waals surface area (Å²) in [7, 11) is 0. The Bertz CT molecular complexity index is 816. The Kier molecular flexibility index (Phi) is 6.43. The smallest absolute Gasteiger partial charge is 0.417 e. The predicted octanol–water partition coefficient (Wildman–Crippen LogP) is 3.75. The molecule has 0 spiro atoms. The van der Waals surface area contributed by atoms with Gasteiger partial charge in [-0.15, -0.1) is 0 Å². The number of ether oxygens (including phenoxy) is 1. The topological polar surface area (TPSA) is 95.9 Å². The molecule has 146 valence electrons. The van der Waals surface area contributed by atoms with Gasteiger partial charge in [-0.25, -0.2) is 9.69 Å². The summed E-state index contributed by atoms with van der Waals surface area (Å²) in [6, 6.07) is 5.22. The molecule has 0 bridgehead atoms. The van der Waals surface area contributed by atoms with Crippen molar-refractivity contribution in [2.75, 3.05) is 6.54 Å². The highest BCUT2D eigenvalue weighted by molar-refractivity contribution is 7.98. The lowest BCUT2D eigenvalue weighted by Crippen LogP contribution is -2.47. The molecule has 3 amide bonds. The molecule has 2 rings (SSSR count). The normalized spacial score (nSPS) is 15.0. The van der Waals surface area contributed by atoms with E-state index >= 15 is 0 Å². The number of aliphatic hydroxyl groups is 1. The van der Waals surface area contributed by atoms with E-state index in [4.69, 9.17) is 16.3 Å². The SMILES string of the molecule is Cc1c(Cl)cccc1SNC(=O)C1=C(O)CCN(C(=O)OC(C)(C)C)C1=O. The van der Waals surface area contributed by atoms with Crippen LogP contribution in [-0.2, 0) is 14.3 Å². The van der Waals surface area contributed by atoms with Crippen LogP contribution in [0.25, 0.3) is 0 Å². The second-order valence-electron chi connectivity index (χ2n) is 6.91. The van der Waals surface area contributed by atoms with E-state index in [0.29, 0.717) is 9.92 Å². The number of nitrogens with one attached hydrogen (secondary N) is 1. The standard InChI is InChI=1S/C18H21ClN2O5S/c1-10-11(19)6-5-7-13(10)27-20-15(23)14-12(22)8-9-21(16(14)24)17(25)26-18(2,3)4/h5-7,22H,8-9H2,1-4H3,(H,20,23). The van der Waals surface area contributed by atoms with Crippen molar-refractivity contribution in [3.8, 4) is 0 Å². The molecule has 9 heteroatoms. The maximum Gasteiger partial charge on any atom is 0.417 e. The van der Waals surface area contributed by atoms with E-state index in [1.807, 2.05) is 0 Å². The van der Waals surface area contributed by atoms with E-state index in [0.717, 1.165) is 22.4 Å². The van der Waals surface area contributed by atoms with Crippen LogP contribution in [0.15, 0.2) is 34.4 Å². The zero-order chi connectivity index (χ0) is 20.4. The van der Waals surface area contributed by atoms with E-state index in [2.05, 4.69) is 4.72 Å². The Morgan fingerprint density at radius 1 is 1.33 bits per heavy atom. The molecule has 27 heavy (non-hydrogen) atoms. The van der Waals surface area contributed by atoms with Crippen LogP contribution in [0.5, 0.6) is 0 Å². The van der Waals surface area contributed by atoms with Crippen molar-refractivity contribution in [1.29, 1.82) is 0 Å². The van der Waals surface area contributed by atoms with E-state index in [1.165, 1.54) is 0 Å². The molecule has 1 aliphatic rings. The van der Waals surface area contributed by atoms with Gasteiger partial charge in [-0.2, -0.15) is 0 Å². The number of hydrogen-bond acceptors (Lipinski definition) is 6. The average Bonchev–Trinajstić information content (AvgIpc) is 2.54. The molecule has 0 aliphatic carbocycles. The van der Waals surface area contributed by atoms with Gasteiger partial charge in [0.1, 0.15) is 16.9 Å². The van der Waals surface area contributed by atoms with E-state index in [1.54, 1.807) is 45.9 Å². The monoisotopic (exact) mass is 412 g/mol. The fraction of sp³-hybridized carbons (Fsp3) is 0.389. The Labute approximate surface area is 166 Å². The molecule has 1 aromatic carbocycles. The molecule has 0 fully saturated rings. The molecule has 0 unspecified atom stereocenters. The minimum absolute atomic E-state index is 0.0193. The maximum absolute atomic E-state index is 12.6. The lowest BCUT2D eigenvalue weighted by Gasteiger charge is -2.29. The first-order chi connectivity index (χ1) is 12.5. The number of amides is 3. The van der Waals surface area contributed by atoms with E-state index < -0.39 is 29.1 Å². The van der Waals surface area contributed by atoms with Gasteiger partial charge in [-0.05, 0) is 57.3 Å². The quantitative estimate of drug-likeness (QED) is 0.579. The fourth-order valence-corrected chi connectivity index (χ4v) is 3.22. The molecule has 2 N–H and O–H groups in total. The van der Waals surface area contributed by atoms with Crippen molar-refractivity contribution in [2.24, 2.45) is 0 Å². The molecule has 0 aromatic heterocycles. The number of halogens is 1. The van der Waals surface area contributed by atoms with E-state index in [9.17, 15) is 19.5 Å². The van der Waals surface area contributed by atoms with Crippen molar-refractivity contribution in [1.82, 2.24) is 9.62 Å². The van der Waals surface area contributed by atoms with Crippen LogP contribution in [0.3, 0.4) is 0 Å². The Hall–Kier alpha value is -2.19. The summed E-state index contributed by atoms with van der Waals surface area (Å²) in [4.78, 5) is 38.7. The van der Waals surface area contributed by atoms with Crippen molar-refractivity contribution in [3.63, 3.8) is 0 Å². The minimum atomic E-state index is -0.895. The van der Waals surface area contributed by atoms with Gasteiger partial charge in [0.05, 0.1) is 0 Å². The first-order valence-electron chi connectivity index (χ1n) is 8.20. The van der Waals surface area contributed by atoms with Crippen LogP contribution in [0.1, 0.15) is 32.8 Å². The number of carbonyl (C=O) groups excluding carboxylic acids is 3. The summed E-state index contributed by atoms with van der Waals surface area (Å²) in [5.74, 6) is -2.05. The summed E-state index contributed by atoms with van der Waals surface area (Å²) in [5, 5.41) is 10.6. The highest BCUT2D eigenvalue weighted by Crippen LogP contribution is 2.27. The molecule has 1 aromatic rings. The average molecular weight is 413 g/mol. The lowest BCUT2D eigenvalue weighted by molar-refractivity contribution is -0.130. The number of benzene rings is 1. The molecular formula is C18H21ClN2O5S. The second kappa shape index (κ2) is 8.22. The second-order valence-corrected chi connectivity index (χ2v) is 8.16. The summed E-state index contributed by atoms with van der Waals surface area (Å²) < 4.78 is 7.69. The number of aliphatic hydroxyl groups excluding tert-OH is 1. The summed E-state index contributed by atoms with van der Waals surface area (Å²) >= 11 is 7.01. The van der Waals surface area contributed by atoms with Gasteiger partial charge >= 0.3 is 6.09 Å². The summed E-state index contributed by atoms with van der Waals surface area (Å²) in [6.45, 7) is 6.75. The molecule has 1 heterocycles. The molecule has 7 nitrogen and oxygen atoms in total. The highest BCUT2D eigenvalue weighted by atomic mass is 35.5. The van der Waals surface area contributed by atoms with Crippen LogP contribution in [0.4, 0.5) is 4.79 Å². The van der Waals surface area contributed by atoms with Crippen LogP contribution in [0.2, 0.25) is 5.02 Å². The van der Waals surface area contributed by atoms with Gasteiger partial charge in [0, 0.05) is 22.9 Å². The van der Waals surface area contributed by atoms with Gasteiger partial charge in [0.2, 0.25) is 0 Å². The van der Waals surface area contributed by atoms with Crippen molar-refractivity contribution < 1.29 is 24.2 Å². The number of imide groups is 1. The third-order valence-electron chi connectivity index (χ3n) is 3.63. The van der Waals surface area contributed by atoms with Crippen LogP contribution >= 0.6 is 23.5 Å². The number of rotatable bonds is 3. The molecule has 0 saturated heterocycles. The Morgan fingerprint density at radius 2 is 2.00 bits per heavy atom. The third-order valence-corrected chi connectivity index (χ3v) is 4.99. The Morgan fingerprint density at radius 3 is 2.63 bits per heavy atom. The molecule has 0 atom stereocenters. The zero-order valence-electron chi connectivity index (χ0n) is 15.5. The molecular weight excluding hydrogens is 392 g/mol. The fourth-order valence-electron chi connectivity index (χ4n) is 2.27. The van der Waals surface area contributed by atoms with Gasteiger partial charge in [0.15, 0.2) is 0 Å². The third kappa shape index (κ3) is 5.17. The van der Waals surface area contributed by atoms with Gasteiger partial charge in [-0.1, -0.05) is 17.7 Å². The van der Waals surface area contributed by atoms with Crippen molar-refractivity contribution >= 4 is 41.5 Å². The predicted molar refractivity (Wildman–Crippen MR) is 102 cm³/mol. The molecule has 0 radical (unpaired) electrons. The van der Waals surface area contributed by atoms with Crippen molar-refractivity contribution in [3.05, 3.63) is 40.1 Å². The lowest BCUT2D eigenvalue weighted by atomic mass is 10.1. The van der Waals surface area contributed by atoms with Gasteiger partial charge in [-0.3, -0.25) is 14.3 Å². The summed E-state index contributed by atoms with van der Waals surface area (Å²) in [6.07, 6.45) is -0.877. The largest absolute Gasteiger partial charge is 0.511 e. The molecule has 1 aliphatic heterocycles. The van der Waals surface area contributed by atoms with Crippen LogP contribution in [0, 0.1) is 6.92 Å². The van der Waals surface area contributed by atoms with Gasteiger partial charge in [0.25, 0.3) is 11.8 Å². The summed E-state index contributed by atoms with van der Waals surface area (Å²) in [5.41, 5.74) is -0.490.